The summed E-state index contributed by atoms with van der Waals surface area (Å²) in [6.45, 7) is -0.240. The molecule has 0 amide bonds. The fraction of sp³-hybridized carbons (Fsp3) is 0.417. The zero-order valence-electron chi connectivity index (χ0n) is 19.7. The number of carbonyl (C=O) groups is 1. The van der Waals surface area contributed by atoms with E-state index in [2.05, 4.69) is 20.0 Å². The summed E-state index contributed by atoms with van der Waals surface area (Å²) in [5, 5.41) is 4.11. The van der Waals surface area contributed by atoms with Gasteiger partial charge in [0.1, 0.15) is 23.2 Å². The Hall–Kier alpha value is -3.31. The summed E-state index contributed by atoms with van der Waals surface area (Å²) in [6.07, 6.45) is 3.30. The van der Waals surface area contributed by atoms with Gasteiger partial charge in [0.25, 0.3) is 0 Å². The van der Waals surface area contributed by atoms with Gasteiger partial charge in [-0.1, -0.05) is 29.8 Å². The standard InChI is InChI=1S/C24H27ClF2N6O3/c1-35-22(34)16-6-4-8-32(13-16)9-10-36-19-7-3-2-5-15(19)11-17-14-33(23(26)27)31-21(17)18-12-20(25)30-24(28)29-18/h2-3,5,7,12,14,16,23H,4,6,8-11,13H2,1H3,(H2,28,29,30)/t16-/m0/s1. The number of nitrogens with two attached hydrogens (primary N) is 1. The highest BCUT2D eigenvalue weighted by molar-refractivity contribution is 6.29. The number of benzene rings is 1. The van der Waals surface area contributed by atoms with Crippen LogP contribution in [0.5, 0.6) is 5.75 Å². The van der Waals surface area contributed by atoms with Gasteiger partial charge in [0, 0.05) is 37.3 Å². The van der Waals surface area contributed by atoms with Gasteiger partial charge < -0.3 is 15.2 Å². The molecule has 1 aliphatic heterocycles. The molecule has 1 aromatic carbocycles. The number of aromatic nitrogens is 4. The number of alkyl halides is 2. The predicted molar refractivity (Wildman–Crippen MR) is 130 cm³/mol. The Balaban J connectivity index is 1.49. The first-order chi connectivity index (χ1) is 17.3. The molecule has 1 atom stereocenters. The number of halogens is 3. The predicted octanol–water partition coefficient (Wildman–Crippen LogP) is 3.83. The maximum Gasteiger partial charge on any atom is 0.333 e. The molecule has 36 heavy (non-hydrogen) atoms. The summed E-state index contributed by atoms with van der Waals surface area (Å²) in [5.74, 6) is 0.254. The van der Waals surface area contributed by atoms with Crippen LogP contribution in [0.3, 0.4) is 0 Å². The lowest BCUT2D eigenvalue weighted by molar-refractivity contribution is -0.147. The first-order valence-corrected chi connectivity index (χ1v) is 11.9. The number of ether oxygens (including phenoxy) is 2. The van der Waals surface area contributed by atoms with E-state index in [1.165, 1.54) is 19.4 Å². The first-order valence-electron chi connectivity index (χ1n) is 11.5. The molecule has 1 aliphatic rings. The summed E-state index contributed by atoms with van der Waals surface area (Å²) >= 11 is 6.00. The molecular formula is C24H27ClF2N6O3. The van der Waals surface area contributed by atoms with Gasteiger partial charge in [-0.15, -0.1) is 0 Å². The van der Waals surface area contributed by atoms with Gasteiger partial charge in [0.2, 0.25) is 5.95 Å². The highest BCUT2D eigenvalue weighted by Gasteiger charge is 2.26. The molecule has 0 saturated carbocycles. The van der Waals surface area contributed by atoms with Crippen LogP contribution in [-0.2, 0) is 16.0 Å². The van der Waals surface area contributed by atoms with Crippen LogP contribution >= 0.6 is 11.6 Å². The van der Waals surface area contributed by atoms with Crippen LogP contribution in [0.15, 0.2) is 36.5 Å². The molecule has 192 valence electrons. The lowest BCUT2D eigenvalue weighted by Crippen LogP contribution is -2.41. The third-order valence-electron chi connectivity index (χ3n) is 6.02. The van der Waals surface area contributed by atoms with E-state index in [1.54, 1.807) is 0 Å². The number of para-hydroxylation sites is 1. The molecule has 0 radical (unpaired) electrons. The molecule has 9 nitrogen and oxygen atoms in total. The normalized spacial score (nSPS) is 16.3. The average molecular weight is 521 g/mol. The Morgan fingerprint density at radius 3 is 2.83 bits per heavy atom. The largest absolute Gasteiger partial charge is 0.492 e. The number of likely N-dealkylation sites (tertiary alicyclic amines) is 1. The third kappa shape index (κ3) is 6.27. The highest BCUT2D eigenvalue weighted by Crippen LogP contribution is 2.30. The fourth-order valence-electron chi connectivity index (χ4n) is 4.33. The van der Waals surface area contributed by atoms with E-state index in [1.807, 2.05) is 24.3 Å². The quantitative estimate of drug-likeness (QED) is 0.335. The van der Waals surface area contributed by atoms with E-state index in [0.717, 1.165) is 24.9 Å². The molecule has 0 bridgehead atoms. The molecule has 3 aromatic rings. The number of methoxy groups -OCH3 is 1. The molecule has 4 rings (SSSR count). The number of anilines is 1. The Morgan fingerprint density at radius 2 is 2.08 bits per heavy atom. The summed E-state index contributed by atoms with van der Waals surface area (Å²) < 4.78 is 38.4. The van der Waals surface area contributed by atoms with E-state index < -0.39 is 6.55 Å². The summed E-state index contributed by atoms with van der Waals surface area (Å²) in [7, 11) is 1.41. The highest BCUT2D eigenvalue weighted by atomic mass is 35.5. The summed E-state index contributed by atoms with van der Waals surface area (Å²) in [6, 6.07) is 8.84. The Labute approximate surface area is 212 Å². The zero-order valence-corrected chi connectivity index (χ0v) is 20.5. The second-order valence-corrected chi connectivity index (χ2v) is 8.88. The molecule has 2 aromatic heterocycles. The van der Waals surface area contributed by atoms with Crippen molar-refractivity contribution in [1.29, 1.82) is 0 Å². The zero-order chi connectivity index (χ0) is 25.7. The Kier molecular flexibility index (Phi) is 8.32. The van der Waals surface area contributed by atoms with Gasteiger partial charge in [-0.25, -0.2) is 14.6 Å². The topological polar surface area (TPSA) is 108 Å². The van der Waals surface area contributed by atoms with Gasteiger partial charge in [0.15, 0.2) is 0 Å². The smallest absolute Gasteiger partial charge is 0.333 e. The van der Waals surface area contributed by atoms with E-state index >= 15 is 0 Å². The van der Waals surface area contributed by atoms with E-state index in [-0.39, 0.29) is 40.8 Å². The molecule has 2 N–H and O–H groups in total. The number of piperidine rings is 1. The van der Waals surface area contributed by atoms with E-state index in [9.17, 15) is 13.6 Å². The van der Waals surface area contributed by atoms with Crippen molar-refractivity contribution in [3.8, 4) is 17.1 Å². The minimum atomic E-state index is -2.82. The number of carbonyl (C=O) groups excluding carboxylic acids is 1. The Bertz CT molecular complexity index is 1190. The van der Waals surface area contributed by atoms with Crippen LogP contribution in [-0.4, -0.2) is 64.0 Å². The van der Waals surface area contributed by atoms with Crippen LogP contribution in [0.4, 0.5) is 14.7 Å². The molecule has 0 spiro atoms. The molecule has 1 saturated heterocycles. The summed E-state index contributed by atoms with van der Waals surface area (Å²) in [5.41, 5.74) is 7.50. The van der Waals surface area contributed by atoms with Gasteiger partial charge in [-0.2, -0.15) is 13.9 Å². The van der Waals surface area contributed by atoms with Crippen LogP contribution < -0.4 is 10.5 Å². The number of nitrogen functional groups attached to an aromatic ring is 1. The lowest BCUT2D eigenvalue weighted by atomic mass is 9.98. The second kappa shape index (κ2) is 11.6. The Morgan fingerprint density at radius 1 is 1.28 bits per heavy atom. The van der Waals surface area contributed by atoms with Crippen LogP contribution in [0.1, 0.15) is 30.5 Å². The average Bonchev–Trinajstić information content (AvgIpc) is 3.28. The van der Waals surface area contributed by atoms with Crippen LogP contribution in [0, 0.1) is 5.92 Å². The fourth-order valence-corrected chi connectivity index (χ4v) is 4.52. The second-order valence-electron chi connectivity index (χ2n) is 8.49. The van der Waals surface area contributed by atoms with Crippen molar-refractivity contribution in [3.05, 3.63) is 52.8 Å². The molecule has 1 fully saturated rings. The van der Waals surface area contributed by atoms with E-state index in [0.29, 0.717) is 35.7 Å². The van der Waals surface area contributed by atoms with Gasteiger partial charge in [-0.05, 0) is 31.0 Å². The van der Waals surface area contributed by atoms with Crippen molar-refractivity contribution in [3.63, 3.8) is 0 Å². The number of hydrogen-bond donors (Lipinski definition) is 1. The number of nitrogens with zero attached hydrogens (tertiary/aromatic N) is 5. The maximum absolute atomic E-state index is 13.5. The minimum Gasteiger partial charge on any atom is -0.492 e. The van der Waals surface area contributed by atoms with Crippen molar-refractivity contribution in [2.75, 3.05) is 39.1 Å². The van der Waals surface area contributed by atoms with Gasteiger partial charge >= 0.3 is 12.5 Å². The van der Waals surface area contributed by atoms with Crippen LogP contribution in [0.2, 0.25) is 5.15 Å². The molecular weight excluding hydrogens is 494 g/mol. The number of hydrogen-bond acceptors (Lipinski definition) is 8. The van der Waals surface area contributed by atoms with Crippen LogP contribution in [0.25, 0.3) is 11.4 Å². The molecule has 0 unspecified atom stereocenters. The monoisotopic (exact) mass is 520 g/mol. The summed E-state index contributed by atoms with van der Waals surface area (Å²) in [4.78, 5) is 22.0. The van der Waals surface area contributed by atoms with Gasteiger partial charge in [-0.3, -0.25) is 9.69 Å². The van der Waals surface area contributed by atoms with Crippen molar-refractivity contribution in [1.82, 2.24) is 24.6 Å². The lowest BCUT2D eigenvalue weighted by Gasteiger charge is -2.31. The molecule has 0 aliphatic carbocycles. The van der Waals surface area contributed by atoms with Crippen molar-refractivity contribution >= 4 is 23.5 Å². The number of esters is 1. The molecule has 12 heteroatoms. The van der Waals surface area contributed by atoms with Crippen molar-refractivity contribution in [2.24, 2.45) is 5.92 Å². The van der Waals surface area contributed by atoms with Crippen molar-refractivity contribution in [2.45, 2.75) is 25.8 Å². The minimum absolute atomic E-state index is 0.0778. The molecule has 3 heterocycles. The first kappa shape index (κ1) is 25.8. The van der Waals surface area contributed by atoms with Crippen molar-refractivity contribution < 1.29 is 23.0 Å². The maximum atomic E-state index is 13.5. The van der Waals surface area contributed by atoms with Gasteiger partial charge in [0.05, 0.1) is 18.7 Å². The third-order valence-corrected chi connectivity index (χ3v) is 6.21. The number of rotatable bonds is 9. The SMILES string of the molecule is COC(=O)[C@H]1CCCN(CCOc2ccccc2Cc2cn(C(F)F)nc2-c2cc(Cl)nc(N)n2)C1. The van der Waals surface area contributed by atoms with E-state index in [4.69, 9.17) is 26.8 Å².